The van der Waals surface area contributed by atoms with Crippen molar-refractivity contribution in [2.24, 2.45) is 11.7 Å². The van der Waals surface area contributed by atoms with E-state index in [2.05, 4.69) is 6.07 Å². The second-order valence-corrected chi connectivity index (χ2v) is 5.48. The van der Waals surface area contributed by atoms with Crippen molar-refractivity contribution >= 4 is 0 Å². The van der Waals surface area contributed by atoms with Crippen LogP contribution in [0.25, 0.3) is 0 Å². The number of aliphatic hydroxyl groups excluding tert-OH is 1. The predicted molar refractivity (Wildman–Crippen MR) is 72.6 cm³/mol. The van der Waals surface area contributed by atoms with Crippen LogP contribution in [0.2, 0.25) is 0 Å². The molecule has 0 amide bonds. The number of rotatable bonds is 4. The summed E-state index contributed by atoms with van der Waals surface area (Å²) in [7, 11) is 0. The van der Waals surface area contributed by atoms with Gasteiger partial charge in [-0.1, -0.05) is 19.9 Å². The van der Waals surface area contributed by atoms with E-state index in [0.29, 0.717) is 6.61 Å². The molecular weight excluding hydrogens is 226 g/mol. The molecule has 0 saturated heterocycles. The molecule has 0 aromatic heterocycles. The van der Waals surface area contributed by atoms with E-state index in [4.69, 9.17) is 10.5 Å². The highest BCUT2D eigenvalue weighted by atomic mass is 16.5. The molecular formula is C15H23NO2. The van der Waals surface area contributed by atoms with E-state index in [1.54, 1.807) is 0 Å². The van der Waals surface area contributed by atoms with Crippen LogP contribution in [0.1, 0.15) is 43.9 Å². The lowest BCUT2D eigenvalue weighted by atomic mass is 9.88. The highest BCUT2D eigenvalue weighted by Crippen LogP contribution is 2.30. The van der Waals surface area contributed by atoms with Gasteiger partial charge in [0.2, 0.25) is 0 Å². The number of ether oxygens (including phenoxy) is 1. The molecule has 0 heterocycles. The van der Waals surface area contributed by atoms with Crippen molar-refractivity contribution in [2.45, 2.75) is 45.3 Å². The summed E-state index contributed by atoms with van der Waals surface area (Å²) < 4.78 is 5.64. The molecule has 0 saturated carbocycles. The summed E-state index contributed by atoms with van der Waals surface area (Å²) in [5, 5.41) is 9.73. The lowest BCUT2D eigenvalue weighted by molar-refractivity contribution is 0.0701. The largest absolute Gasteiger partial charge is 0.491 e. The van der Waals surface area contributed by atoms with Crippen molar-refractivity contribution in [3.63, 3.8) is 0 Å². The first-order valence-corrected chi connectivity index (χ1v) is 6.77. The third-order valence-corrected chi connectivity index (χ3v) is 3.67. The van der Waals surface area contributed by atoms with E-state index in [9.17, 15) is 5.11 Å². The molecule has 1 aliphatic rings. The van der Waals surface area contributed by atoms with E-state index in [1.165, 1.54) is 17.5 Å². The van der Waals surface area contributed by atoms with Gasteiger partial charge in [-0.3, -0.25) is 0 Å². The Balaban J connectivity index is 2.04. The zero-order valence-corrected chi connectivity index (χ0v) is 11.2. The minimum absolute atomic E-state index is 0.132. The van der Waals surface area contributed by atoms with Gasteiger partial charge >= 0.3 is 0 Å². The van der Waals surface area contributed by atoms with Crippen LogP contribution in [0, 0.1) is 5.92 Å². The first-order valence-electron chi connectivity index (χ1n) is 6.77. The van der Waals surface area contributed by atoms with Gasteiger partial charge < -0.3 is 15.6 Å². The van der Waals surface area contributed by atoms with Crippen LogP contribution < -0.4 is 10.5 Å². The van der Waals surface area contributed by atoms with Gasteiger partial charge in [0, 0.05) is 6.04 Å². The Labute approximate surface area is 109 Å². The van der Waals surface area contributed by atoms with Crippen molar-refractivity contribution in [1.29, 1.82) is 0 Å². The number of aryl methyl sites for hydroxylation is 1. The topological polar surface area (TPSA) is 55.5 Å². The zero-order chi connectivity index (χ0) is 13.1. The molecule has 2 unspecified atom stereocenters. The summed E-state index contributed by atoms with van der Waals surface area (Å²) in [5.74, 6) is 1.02. The molecule has 0 bridgehead atoms. The molecule has 100 valence electrons. The summed E-state index contributed by atoms with van der Waals surface area (Å²) in [6, 6.07) is 6.24. The monoisotopic (exact) mass is 249 g/mol. The minimum Gasteiger partial charge on any atom is -0.491 e. The summed E-state index contributed by atoms with van der Waals surface area (Å²) in [5.41, 5.74) is 8.66. The normalized spacial score (nSPS) is 20.6. The van der Waals surface area contributed by atoms with Crippen molar-refractivity contribution < 1.29 is 9.84 Å². The van der Waals surface area contributed by atoms with Gasteiger partial charge in [0.25, 0.3) is 0 Å². The van der Waals surface area contributed by atoms with Crippen LogP contribution in [0.4, 0.5) is 0 Å². The number of hydrogen-bond donors (Lipinski definition) is 2. The molecule has 1 aliphatic carbocycles. The summed E-state index contributed by atoms with van der Waals surface area (Å²) in [6.45, 7) is 4.30. The molecule has 0 aliphatic heterocycles. The quantitative estimate of drug-likeness (QED) is 0.861. The zero-order valence-electron chi connectivity index (χ0n) is 11.2. The number of hydrogen-bond acceptors (Lipinski definition) is 3. The van der Waals surface area contributed by atoms with Crippen LogP contribution in [0.3, 0.4) is 0 Å². The third-order valence-electron chi connectivity index (χ3n) is 3.67. The first kappa shape index (κ1) is 13.4. The highest BCUT2D eigenvalue weighted by molar-refractivity contribution is 5.39. The van der Waals surface area contributed by atoms with Crippen LogP contribution >= 0.6 is 0 Å². The molecule has 2 rings (SSSR count). The molecule has 0 radical (unpaired) electrons. The summed E-state index contributed by atoms with van der Waals surface area (Å²) in [4.78, 5) is 0. The minimum atomic E-state index is -0.422. The maximum atomic E-state index is 9.73. The lowest BCUT2D eigenvalue weighted by Gasteiger charge is -2.23. The number of nitrogens with two attached hydrogens (primary N) is 1. The fourth-order valence-electron chi connectivity index (χ4n) is 2.28. The fourth-order valence-corrected chi connectivity index (χ4v) is 2.28. The Morgan fingerprint density at radius 3 is 2.94 bits per heavy atom. The summed E-state index contributed by atoms with van der Waals surface area (Å²) >= 11 is 0. The Kier molecular flexibility index (Phi) is 4.25. The summed E-state index contributed by atoms with van der Waals surface area (Å²) in [6.07, 6.45) is 2.90. The Morgan fingerprint density at radius 1 is 1.44 bits per heavy atom. The SMILES string of the molecule is CC(C)C(O)COc1ccc2c(c1)C(N)CCC2. The van der Waals surface area contributed by atoms with Gasteiger partial charge in [-0.05, 0) is 48.4 Å². The van der Waals surface area contributed by atoms with Gasteiger partial charge in [-0.15, -0.1) is 0 Å². The molecule has 3 heteroatoms. The van der Waals surface area contributed by atoms with Gasteiger partial charge in [0.15, 0.2) is 0 Å². The molecule has 1 aromatic carbocycles. The van der Waals surface area contributed by atoms with Crippen LogP contribution in [-0.4, -0.2) is 17.8 Å². The van der Waals surface area contributed by atoms with Crippen molar-refractivity contribution in [1.82, 2.24) is 0 Å². The maximum Gasteiger partial charge on any atom is 0.119 e. The third kappa shape index (κ3) is 3.03. The van der Waals surface area contributed by atoms with Gasteiger partial charge in [-0.25, -0.2) is 0 Å². The molecule has 18 heavy (non-hydrogen) atoms. The highest BCUT2D eigenvalue weighted by Gasteiger charge is 2.17. The molecule has 0 spiro atoms. The molecule has 1 aromatic rings. The molecule has 3 N–H and O–H groups in total. The van der Waals surface area contributed by atoms with Crippen LogP contribution in [-0.2, 0) is 6.42 Å². The lowest BCUT2D eigenvalue weighted by Crippen LogP contribution is -2.23. The van der Waals surface area contributed by atoms with Crippen molar-refractivity contribution in [3.8, 4) is 5.75 Å². The molecule has 0 fully saturated rings. The molecule has 2 atom stereocenters. The predicted octanol–water partition coefficient (Wildman–Crippen LogP) is 2.42. The van der Waals surface area contributed by atoms with Gasteiger partial charge in [-0.2, -0.15) is 0 Å². The van der Waals surface area contributed by atoms with Gasteiger partial charge in [0.05, 0.1) is 6.10 Å². The van der Waals surface area contributed by atoms with E-state index in [-0.39, 0.29) is 12.0 Å². The van der Waals surface area contributed by atoms with E-state index < -0.39 is 6.10 Å². The maximum absolute atomic E-state index is 9.73. The number of aliphatic hydroxyl groups is 1. The number of benzene rings is 1. The average molecular weight is 249 g/mol. The average Bonchev–Trinajstić information content (AvgIpc) is 2.36. The van der Waals surface area contributed by atoms with Crippen molar-refractivity contribution in [3.05, 3.63) is 29.3 Å². The fraction of sp³-hybridized carbons (Fsp3) is 0.600. The smallest absolute Gasteiger partial charge is 0.119 e. The standard InChI is InChI=1S/C15H23NO2/c1-10(2)15(17)9-18-12-7-6-11-4-3-5-14(16)13(11)8-12/h6-8,10,14-15,17H,3-5,9,16H2,1-2H3. The second kappa shape index (κ2) is 5.72. The second-order valence-electron chi connectivity index (χ2n) is 5.48. The van der Waals surface area contributed by atoms with Gasteiger partial charge in [0.1, 0.15) is 12.4 Å². The first-order chi connectivity index (χ1) is 8.58. The van der Waals surface area contributed by atoms with Crippen molar-refractivity contribution in [2.75, 3.05) is 6.61 Å². The van der Waals surface area contributed by atoms with E-state index >= 15 is 0 Å². The Hall–Kier alpha value is -1.06. The Bertz CT molecular complexity index is 403. The number of fused-ring (bicyclic) bond motifs is 1. The van der Waals surface area contributed by atoms with Crippen LogP contribution in [0.5, 0.6) is 5.75 Å². The van der Waals surface area contributed by atoms with E-state index in [0.717, 1.165) is 18.6 Å². The van der Waals surface area contributed by atoms with E-state index in [1.807, 2.05) is 26.0 Å². The molecule has 3 nitrogen and oxygen atoms in total. The Morgan fingerprint density at radius 2 is 2.22 bits per heavy atom. The van der Waals surface area contributed by atoms with Crippen LogP contribution in [0.15, 0.2) is 18.2 Å².